The molecule has 1 unspecified atom stereocenters. The lowest BCUT2D eigenvalue weighted by atomic mass is 10.0. The third-order valence-corrected chi connectivity index (χ3v) is 3.67. The fourth-order valence-electron chi connectivity index (χ4n) is 2.33. The maximum absolute atomic E-state index is 12.1. The van der Waals surface area contributed by atoms with Crippen LogP contribution < -0.4 is 5.32 Å². The Kier molecular flexibility index (Phi) is 8.04. The van der Waals surface area contributed by atoms with E-state index < -0.39 is 5.97 Å². The molecule has 1 atom stereocenters. The second kappa shape index (κ2) is 9.82. The van der Waals surface area contributed by atoms with E-state index in [0.717, 1.165) is 32.1 Å². The van der Waals surface area contributed by atoms with Gasteiger partial charge in [-0.3, -0.25) is 9.59 Å². The normalized spacial score (nSPS) is 11.9. The Morgan fingerprint density at radius 2 is 1.82 bits per heavy atom. The monoisotopic (exact) mass is 307 g/mol. The molecule has 5 nitrogen and oxygen atoms in total. The summed E-state index contributed by atoms with van der Waals surface area (Å²) in [5.41, 5.74) is 0.294. The molecule has 22 heavy (non-hydrogen) atoms. The predicted octanol–water partition coefficient (Wildman–Crippen LogP) is 3.33. The number of benzene rings is 1. The molecule has 0 bridgehead atoms. The molecule has 0 aliphatic heterocycles. The Labute approximate surface area is 131 Å². The zero-order valence-corrected chi connectivity index (χ0v) is 13.0. The number of hydrogen-bond donors (Lipinski definition) is 3. The molecule has 1 aromatic carbocycles. The second-order valence-electron chi connectivity index (χ2n) is 5.44. The summed E-state index contributed by atoms with van der Waals surface area (Å²) in [5.74, 6) is -1.01. The number of phenolic OH excluding ortho intramolecular Hbond substituents is 1. The molecular formula is C17H25NO4. The zero-order chi connectivity index (χ0) is 16.4. The van der Waals surface area contributed by atoms with Crippen molar-refractivity contribution in [1.82, 2.24) is 5.32 Å². The van der Waals surface area contributed by atoms with E-state index >= 15 is 0 Å². The van der Waals surface area contributed by atoms with Crippen molar-refractivity contribution in [3.8, 4) is 5.75 Å². The van der Waals surface area contributed by atoms with Gasteiger partial charge in [-0.05, 0) is 31.4 Å². The highest BCUT2D eigenvalue weighted by molar-refractivity contribution is 5.96. The van der Waals surface area contributed by atoms with Crippen LogP contribution in [0.1, 0.15) is 62.2 Å². The van der Waals surface area contributed by atoms with E-state index in [1.165, 1.54) is 6.07 Å². The highest BCUT2D eigenvalue weighted by Crippen LogP contribution is 2.16. The van der Waals surface area contributed by atoms with Crippen LogP contribution in [0.2, 0.25) is 0 Å². The number of nitrogens with one attached hydrogen (secondary N) is 1. The van der Waals surface area contributed by atoms with E-state index in [1.807, 2.05) is 6.92 Å². The van der Waals surface area contributed by atoms with E-state index in [2.05, 4.69) is 5.32 Å². The minimum atomic E-state index is -0.749. The molecule has 1 rings (SSSR count). The van der Waals surface area contributed by atoms with Gasteiger partial charge in [0, 0.05) is 12.5 Å². The molecule has 5 heteroatoms. The zero-order valence-electron chi connectivity index (χ0n) is 13.0. The van der Waals surface area contributed by atoms with Crippen molar-refractivity contribution in [2.75, 3.05) is 0 Å². The Morgan fingerprint density at radius 1 is 1.14 bits per heavy atom. The van der Waals surface area contributed by atoms with Gasteiger partial charge in [-0.1, -0.05) is 38.3 Å². The van der Waals surface area contributed by atoms with Gasteiger partial charge in [0.15, 0.2) is 0 Å². The molecule has 0 heterocycles. The van der Waals surface area contributed by atoms with Crippen LogP contribution >= 0.6 is 0 Å². The minimum absolute atomic E-state index is 0.0106. The summed E-state index contributed by atoms with van der Waals surface area (Å²) >= 11 is 0. The van der Waals surface area contributed by atoms with Gasteiger partial charge >= 0.3 is 5.97 Å². The average molecular weight is 307 g/mol. The molecule has 0 aliphatic carbocycles. The SMILES string of the molecule is CCC(CCCCCCC(=O)O)NC(=O)c1ccccc1O. The minimum Gasteiger partial charge on any atom is -0.507 e. The van der Waals surface area contributed by atoms with E-state index in [9.17, 15) is 14.7 Å². The molecular weight excluding hydrogens is 282 g/mol. The number of amides is 1. The van der Waals surface area contributed by atoms with Crippen LogP contribution in [0.3, 0.4) is 0 Å². The van der Waals surface area contributed by atoms with Crippen molar-refractivity contribution >= 4 is 11.9 Å². The smallest absolute Gasteiger partial charge is 0.303 e. The van der Waals surface area contributed by atoms with Crippen LogP contribution in [-0.2, 0) is 4.79 Å². The topological polar surface area (TPSA) is 86.6 Å². The fraction of sp³-hybridized carbons (Fsp3) is 0.529. The number of aromatic hydroxyl groups is 1. The lowest BCUT2D eigenvalue weighted by molar-refractivity contribution is -0.137. The first kappa shape index (κ1) is 18.0. The number of carbonyl (C=O) groups excluding carboxylic acids is 1. The Bertz CT molecular complexity index is 487. The first-order valence-corrected chi connectivity index (χ1v) is 7.85. The molecule has 122 valence electrons. The van der Waals surface area contributed by atoms with E-state index in [-0.39, 0.29) is 24.1 Å². The predicted molar refractivity (Wildman–Crippen MR) is 85.0 cm³/mol. The van der Waals surface area contributed by atoms with Crippen molar-refractivity contribution in [2.45, 2.75) is 57.9 Å². The Balaban J connectivity index is 2.31. The number of carboxylic acids is 1. The van der Waals surface area contributed by atoms with Crippen LogP contribution in [0.4, 0.5) is 0 Å². The van der Waals surface area contributed by atoms with Gasteiger partial charge in [0.05, 0.1) is 5.56 Å². The van der Waals surface area contributed by atoms with Gasteiger partial charge in [0.25, 0.3) is 5.91 Å². The molecule has 0 saturated heterocycles. The summed E-state index contributed by atoms with van der Waals surface area (Å²) in [6.07, 6.45) is 5.44. The largest absolute Gasteiger partial charge is 0.507 e. The number of hydrogen-bond acceptors (Lipinski definition) is 3. The Hall–Kier alpha value is -2.04. The number of para-hydroxylation sites is 1. The van der Waals surface area contributed by atoms with Crippen molar-refractivity contribution < 1.29 is 19.8 Å². The summed E-state index contributed by atoms with van der Waals surface area (Å²) in [5, 5.41) is 21.2. The standard InChI is InChI=1S/C17H25NO4/c1-2-13(9-5-3-4-6-12-16(20)21)18-17(22)14-10-7-8-11-15(14)19/h7-8,10-11,13,19H,2-6,9,12H2,1H3,(H,18,22)(H,20,21). The number of carbonyl (C=O) groups is 2. The van der Waals surface area contributed by atoms with Gasteiger partial charge in [0.2, 0.25) is 0 Å². The van der Waals surface area contributed by atoms with E-state index in [0.29, 0.717) is 12.0 Å². The lowest BCUT2D eigenvalue weighted by Gasteiger charge is -2.17. The molecule has 0 spiro atoms. The number of unbranched alkanes of at least 4 members (excludes halogenated alkanes) is 3. The maximum Gasteiger partial charge on any atom is 0.303 e. The Morgan fingerprint density at radius 3 is 2.45 bits per heavy atom. The van der Waals surface area contributed by atoms with E-state index in [4.69, 9.17) is 5.11 Å². The third kappa shape index (κ3) is 6.61. The highest BCUT2D eigenvalue weighted by Gasteiger charge is 2.14. The number of carboxylic acid groups (broad SMARTS) is 1. The molecule has 0 radical (unpaired) electrons. The fourth-order valence-corrected chi connectivity index (χ4v) is 2.33. The van der Waals surface area contributed by atoms with Crippen LogP contribution in [-0.4, -0.2) is 28.1 Å². The summed E-state index contributed by atoms with van der Waals surface area (Å²) in [4.78, 5) is 22.5. The summed E-state index contributed by atoms with van der Waals surface area (Å²) in [7, 11) is 0. The summed E-state index contributed by atoms with van der Waals surface area (Å²) in [6.45, 7) is 2.01. The number of aliphatic carboxylic acids is 1. The second-order valence-corrected chi connectivity index (χ2v) is 5.44. The summed E-state index contributed by atoms with van der Waals surface area (Å²) in [6, 6.07) is 6.58. The first-order valence-electron chi connectivity index (χ1n) is 7.85. The summed E-state index contributed by atoms with van der Waals surface area (Å²) < 4.78 is 0. The molecule has 0 aromatic heterocycles. The molecule has 0 fully saturated rings. The molecule has 1 amide bonds. The van der Waals surface area contributed by atoms with Gasteiger partial charge in [-0.25, -0.2) is 0 Å². The van der Waals surface area contributed by atoms with Crippen molar-refractivity contribution in [3.63, 3.8) is 0 Å². The highest BCUT2D eigenvalue weighted by atomic mass is 16.4. The van der Waals surface area contributed by atoms with Crippen LogP contribution in [0, 0.1) is 0 Å². The van der Waals surface area contributed by atoms with Crippen molar-refractivity contribution in [1.29, 1.82) is 0 Å². The quantitative estimate of drug-likeness (QED) is 0.579. The molecule has 0 saturated carbocycles. The third-order valence-electron chi connectivity index (χ3n) is 3.67. The lowest BCUT2D eigenvalue weighted by Crippen LogP contribution is -2.34. The first-order chi connectivity index (χ1) is 10.5. The average Bonchev–Trinajstić information content (AvgIpc) is 2.49. The van der Waals surface area contributed by atoms with Crippen LogP contribution in [0.25, 0.3) is 0 Å². The van der Waals surface area contributed by atoms with Crippen LogP contribution in [0.15, 0.2) is 24.3 Å². The van der Waals surface area contributed by atoms with Crippen LogP contribution in [0.5, 0.6) is 5.75 Å². The molecule has 0 aliphatic rings. The molecule has 1 aromatic rings. The van der Waals surface area contributed by atoms with Gasteiger partial charge < -0.3 is 15.5 Å². The van der Waals surface area contributed by atoms with Crippen molar-refractivity contribution in [3.05, 3.63) is 29.8 Å². The van der Waals surface area contributed by atoms with E-state index in [1.54, 1.807) is 18.2 Å². The van der Waals surface area contributed by atoms with Crippen molar-refractivity contribution in [2.24, 2.45) is 0 Å². The molecule has 3 N–H and O–H groups in total. The van der Waals surface area contributed by atoms with Gasteiger partial charge in [-0.2, -0.15) is 0 Å². The van der Waals surface area contributed by atoms with Gasteiger partial charge in [0.1, 0.15) is 5.75 Å². The number of rotatable bonds is 10. The van der Waals surface area contributed by atoms with Gasteiger partial charge in [-0.15, -0.1) is 0 Å². The maximum atomic E-state index is 12.1. The number of phenols is 1.